The molecule has 0 saturated carbocycles. The molecule has 0 radical (unpaired) electrons. The average molecular weight is 384 g/mol. The molecule has 2 rings (SSSR count). The summed E-state index contributed by atoms with van der Waals surface area (Å²) in [5.74, 6) is -0.318. The van der Waals surface area contributed by atoms with E-state index in [1.54, 1.807) is 13.0 Å². The maximum Gasteiger partial charge on any atom is 0.338 e. The van der Waals surface area contributed by atoms with E-state index in [0.29, 0.717) is 21.9 Å². The zero-order valence-corrected chi connectivity index (χ0v) is 15.5. The molecule has 0 bridgehead atoms. The van der Waals surface area contributed by atoms with Crippen LogP contribution in [0, 0.1) is 16.0 Å². The fourth-order valence-corrected chi connectivity index (χ4v) is 2.84. The Hall–Kier alpha value is -2.19. The molecule has 25 heavy (non-hydrogen) atoms. The summed E-state index contributed by atoms with van der Waals surface area (Å²) in [5.41, 5.74) is 1.12. The van der Waals surface area contributed by atoms with Gasteiger partial charge in [-0.3, -0.25) is 10.1 Å². The highest BCUT2D eigenvalue weighted by molar-refractivity contribution is 7.80. The van der Waals surface area contributed by atoms with Gasteiger partial charge in [-0.15, -0.1) is 0 Å². The Morgan fingerprint density at radius 3 is 2.76 bits per heavy atom. The largest absolute Gasteiger partial charge is 0.462 e. The number of allylic oxidation sites excluding steroid dienone is 1. The summed E-state index contributed by atoms with van der Waals surface area (Å²) in [6.45, 7) is 5.84. The molecule has 0 fully saturated rings. The second kappa shape index (κ2) is 7.79. The summed E-state index contributed by atoms with van der Waals surface area (Å²) in [5, 5.41) is 17.3. The Balaban J connectivity index is 2.44. The van der Waals surface area contributed by atoms with E-state index in [9.17, 15) is 14.9 Å². The van der Waals surface area contributed by atoms with Crippen LogP contribution >= 0.6 is 23.8 Å². The van der Waals surface area contributed by atoms with Crippen LogP contribution in [0.2, 0.25) is 5.02 Å². The molecule has 1 atom stereocenters. The van der Waals surface area contributed by atoms with Crippen molar-refractivity contribution in [1.82, 2.24) is 10.6 Å². The van der Waals surface area contributed by atoms with Gasteiger partial charge in [0.2, 0.25) is 0 Å². The number of thiocarbonyl (C=S) groups is 1. The second-order valence-electron chi connectivity index (χ2n) is 6.03. The summed E-state index contributed by atoms with van der Waals surface area (Å²) in [4.78, 5) is 23.1. The monoisotopic (exact) mass is 383 g/mol. The first kappa shape index (κ1) is 19.1. The number of carbonyl (C=O) groups excluding carboxylic acids is 1. The van der Waals surface area contributed by atoms with E-state index in [1.807, 2.05) is 13.8 Å². The zero-order valence-electron chi connectivity index (χ0n) is 14.0. The number of nitrogens with one attached hydrogen (secondary N) is 2. The van der Waals surface area contributed by atoms with Gasteiger partial charge in [-0.05, 0) is 36.7 Å². The molecule has 134 valence electrons. The summed E-state index contributed by atoms with van der Waals surface area (Å²) < 4.78 is 5.32. The van der Waals surface area contributed by atoms with Crippen LogP contribution in [-0.2, 0) is 9.53 Å². The molecule has 0 aliphatic carbocycles. The van der Waals surface area contributed by atoms with Crippen LogP contribution in [0.25, 0.3) is 0 Å². The van der Waals surface area contributed by atoms with Crippen LogP contribution in [-0.4, -0.2) is 22.6 Å². The minimum Gasteiger partial charge on any atom is -0.462 e. The standard InChI is InChI=1S/C16H18ClN3O4S/c1-8(2)7-24-15(21)13-9(3)18-16(25)19-14(13)10-4-5-11(17)12(6-10)20(22)23/h4-6,8,14H,7H2,1-3H3,(H2,18,19,25). The van der Waals surface area contributed by atoms with Gasteiger partial charge < -0.3 is 15.4 Å². The van der Waals surface area contributed by atoms with E-state index in [4.69, 9.17) is 28.6 Å². The number of esters is 1. The number of nitro benzene ring substituents is 1. The van der Waals surface area contributed by atoms with E-state index in [1.165, 1.54) is 12.1 Å². The van der Waals surface area contributed by atoms with E-state index in [2.05, 4.69) is 10.6 Å². The Bertz CT molecular complexity index is 764. The third kappa shape index (κ3) is 4.46. The van der Waals surface area contributed by atoms with Gasteiger partial charge in [-0.25, -0.2) is 4.79 Å². The highest BCUT2D eigenvalue weighted by Crippen LogP contribution is 2.33. The number of nitrogens with zero attached hydrogens (tertiary/aromatic N) is 1. The fourth-order valence-electron chi connectivity index (χ4n) is 2.38. The van der Waals surface area contributed by atoms with Gasteiger partial charge in [0.05, 0.1) is 23.1 Å². The molecule has 0 saturated heterocycles. The molecular formula is C16H18ClN3O4S. The summed E-state index contributed by atoms with van der Waals surface area (Å²) in [6, 6.07) is 3.71. The lowest BCUT2D eigenvalue weighted by Crippen LogP contribution is -2.45. The Kier molecular flexibility index (Phi) is 5.97. The fraction of sp³-hybridized carbons (Fsp3) is 0.375. The van der Waals surface area contributed by atoms with Crippen molar-refractivity contribution in [2.75, 3.05) is 6.61 Å². The summed E-state index contributed by atoms with van der Waals surface area (Å²) in [7, 11) is 0. The normalized spacial score (nSPS) is 17.2. The van der Waals surface area contributed by atoms with Crippen molar-refractivity contribution >= 4 is 40.6 Å². The zero-order chi connectivity index (χ0) is 18.7. The molecule has 0 spiro atoms. The number of benzene rings is 1. The van der Waals surface area contributed by atoms with Crippen molar-refractivity contribution in [3.63, 3.8) is 0 Å². The number of halogens is 1. The van der Waals surface area contributed by atoms with Crippen molar-refractivity contribution < 1.29 is 14.5 Å². The highest BCUT2D eigenvalue weighted by Gasteiger charge is 2.32. The molecule has 1 aliphatic heterocycles. The molecule has 0 amide bonds. The van der Waals surface area contributed by atoms with Crippen molar-refractivity contribution in [2.24, 2.45) is 5.92 Å². The van der Waals surface area contributed by atoms with E-state index < -0.39 is 16.9 Å². The minimum absolute atomic E-state index is 0.0231. The van der Waals surface area contributed by atoms with Gasteiger partial charge in [0.1, 0.15) is 5.02 Å². The molecule has 7 nitrogen and oxygen atoms in total. The topological polar surface area (TPSA) is 93.5 Å². The first-order valence-corrected chi connectivity index (χ1v) is 8.38. The van der Waals surface area contributed by atoms with Crippen molar-refractivity contribution in [3.05, 3.63) is 50.2 Å². The molecule has 9 heteroatoms. The molecule has 1 unspecified atom stereocenters. The SMILES string of the molecule is CC1=C(C(=O)OCC(C)C)C(c2ccc(Cl)c([N+](=O)[O-])c2)NC(=S)N1. The van der Waals surface area contributed by atoms with Crippen molar-refractivity contribution in [2.45, 2.75) is 26.8 Å². The third-order valence-corrected chi connectivity index (χ3v) is 4.08. The number of carbonyl (C=O) groups is 1. The number of hydrogen-bond donors (Lipinski definition) is 2. The molecule has 1 heterocycles. The lowest BCUT2D eigenvalue weighted by molar-refractivity contribution is -0.384. The van der Waals surface area contributed by atoms with E-state index in [0.717, 1.165) is 0 Å². The second-order valence-corrected chi connectivity index (χ2v) is 6.85. The van der Waals surface area contributed by atoms with Crippen molar-refractivity contribution in [3.8, 4) is 0 Å². The van der Waals surface area contributed by atoms with Gasteiger partial charge in [0.15, 0.2) is 5.11 Å². The number of nitro groups is 1. The predicted octanol–water partition coefficient (Wildman–Crippen LogP) is 3.24. The van der Waals surface area contributed by atoms with Gasteiger partial charge in [0.25, 0.3) is 5.69 Å². The van der Waals surface area contributed by atoms with Crippen LogP contribution in [0.5, 0.6) is 0 Å². The van der Waals surface area contributed by atoms with Crippen LogP contribution in [0.15, 0.2) is 29.5 Å². The Morgan fingerprint density at radius 2 is 2.16 bits per heavy atom. The predicted molar refractivity (Wildman–Crippen MR) is 98.2 cm³/mol. The first-order valence-electron chi connectivity index (χ1n) is 7.60. The maximum atomic E-state index is 12.5. The molecule has 1 aromatic rings. The molecule has 0 aromatic heterocycles. The molecule has 2 N–H and O–H groups in total. The van der Waals surface area contributed by atoms with E-state index in [-0.39, 0.29) is 23.2 Å². The smallest absolute Gasteiger partial charge is 0.338 e. The molecular weight excluding hydrogens is 366 g/mol. The van der Waals surface area contributed by atoms with Crippen molar-refractivity contribution in [1.29, 1.82) is 0 Å². The number of rotatable bonds is 5. The molecule has 1 aromatic carbocycles. The van der Waals surface area contributed by atoms with Gasteiger partial charge >= 0.3 is 5.97 Å². The van der Waals surface area contributed by atoms with Gasteiger partial charge in [-0.1, -0.05) is 31.5 Å². The highest BCUT2D eigenvalue weighted by atomic mass is 35.5. The Labute approximate surface area is 155 Å². The summed E-state index contributed by atoms with van der Waals surface area (Å²) >= 11 is 11.0. The number of hydrogen-bond acceptors (Lipinski definition) is 5. The van der Waals surface area contributed by atoms with Crippen LogP contribution in [0.1, 0.15) is 32.4 Å². The van der Waals surface area contributed by atoms with Crippen LogP contribution in [0.3, 0.4) is 0 Å². The third-order valence-electron chi connectivity index (χ3n) is 3.54. The van der Waals surface area contributed by atoms with Gasteiger partial charge in [0, 0.05) is 11.8 Å². The van der Waals surface area contributed by atoms with Crippen LogP contribution < -0.4 is 10.6 Å². The maximum absolute atomic E-state index is 12.5. The lowest BCUT2D eigenvalue weighted by atomic mass is 9.95. The Morgan fingerprint density at radius 1 is 1.48 bits per heavy atom. The summed E-state index contributed by atoms with van der Waals surface area (Å²) in [6.07, 6.45) is 0. The number of ether oxygens (including phenoxy) is 1. The minimum atomic E-state index is -0.663. The average Bonchev–Trinajstić information content (AvgIpc) is 2.52. The van der Waals surface area contributed by atoms with Crippen LogP contribution in [0.4, 0.5) is 5.69 Å². The molecule has 1 aliphatic rings. The lowest BCUT2D eigenvalue weighted by Gasteiger charge is -2.30. The van der Waals surface area contributed by atoms with Gasteiger partial charge in [-0.2, -0.15) is 0 Å². The van der Waals surface area contributed by atoms with E-state index >= 15 is 0 Å². The quantitative estimate of drug-likeness (QED) is 0.349. The first-order chi connectivity index (χ1) is 11.7.